The Balaban J connectivity index is 1.12. The number of furan rings is 2. The van der Waals surface area contributed by atoms with Gasteiger partial charge in [0.15, 0.2) is 0 Å². The van der Waals surface area contributed by atoms with Crippen LogP contribution in [0, 0.1) is 0 Å². The van der Waals surface area contributed by atoms with Gasteiger partial charge in [-0.15, -0.1) is 0 Å². The number of hydrogen-bond acceptors (Lipinski definition) is 2. The second kappa shape index (κ2) is 11.6. The van der Waals surface area contributed by atoms with Gasteiger partial charge in [0.1, 0.15) is 22.3 Å². The molecule has 0 saturated heterocycles. The Hall–Kier alpha value is -7.82. The summed E-state index contributed by atoms with van der Waals surface area (Å²) in [6.07, 6.45) is 0. The molecule has 2 aliphatic rings. The molecule has 13 aromatic rings. The van der Waals surface area contributed by atoms with Crippen molar-refractivity contribution in [1.82, 2.24) is 9.13 Å². The Kier molecular flexibility index (Phi) is 6.29. The van der Waals surface area contributed by atoms with Crippen LogP contribution in [0.15, 0.2) is 179 Å². The van der Waals surface area contributed by atoms with Gasteiger partial charge in [0, 0.05) is 54.5 Å². The average Bonchev–Trinajstić information content (AvgIpc) is 4.14. The van der Waals surface area contributed by atoms with Gasteiger partial charge in [-0.3, -0.25) is 0 Å². The molecule has 4 heterocycles. The van der Waals surface area contributed by atoms with Crippen molar-refractivity contribution in [2.24, 2.45) is 0 Å². The van der Waals surface area contributed by atoms with Crippen molar-refractivity contribution in [2.45, 2.75) is 38.5 Å². The summed E-state index contributed by atoms with van der Waals surface area (Å²) in [6, 6.07) is 62.9. The predicted molar refractivity (Wildman–Crippen MR) is 265 cm³/mol. The second-order valence-electron chi connectivity index (χ2n) is 19.2. The fraction of sp³-hybridized carbons (Fsp3) is 0.100. The van der Waals surface area contributed by atoms with Gasteiger partial charge >= 0.3 is 0 Å². The van der Waals surface area contributed by atoms with Gasteiger partial charge in [0.25, 0.3) is 0 Å². The second-order valence-corrected chi connectivity index (χ2v) is 19.2. The zero-order valence-corrected chi connectivity index (χ0v) is 35.9. The van der Waals surface area contributed by atoms with E-state index in [2.05, 4.69) is 207 Å². The zero-order valence-electron chi connectivity index (χ0n) is 35.9. The summed E-state index contributed by atoms with van der Waals surface area (Å²) < 4.78 is 18.3. The van der Waals surface area contributed by atoms with E-state index in [-0.39, 0.29) is 10.8 Å². The van der Waals surface area contributed by atoms with Crippen LogP contribution >= 0.6 is 0 Å². The molecule has 0 aliphatic heterocycles. The number of para-hydroxylation sites is 2. The topological polar surface area (TPSA) is 36.1 Å². The molecule has 4 nitrogen and oxygen atoms in total. The molecular weight excluding hydrogens is 781 g/mol. The Morgan fingerprint density at radius 3 is 1.23 bits per heavy atom. The summed E-state index contributed by atoms with van der Waals surface area (Å²) in [6.45, 7) is 9.42. The molecule has 4 aromatic heterocycles. The van der Waals surface area contributed by atoms with Crippen LogP contribution < -0.4 is 0 Å². The Morgan fingerprint density at radius 2 is 0.750 bits per heavy atom. The van der Waals surface area contributed by atoms with Crippen LogP contribution in [-0.4, -0.2) is 9.13 Å². The van der Waals surface area contributed by atoms with Crippen molar-refractivity contribution in [3.05, 3.63) is 192 Å². The fourth-order valence-electron chi connectivity index (χ4n) is 12.3. The molecule has 0 N–H and O–H groups in total. The summed E-state index contributed by atoms with van der Waals surface area (Å²) in [7, 11) is 0. The predicted octanol–water partition coefficient (Wildman–Crippen LogP) is 16.3. The van der Waals surface area contributed by atoms with E-state index in [4.69, 9.17) is 8.83 Å². The lowest BCUT2D eigenvalue weighted by atomic mass is 9.82. The number of aromatic nitrogens is 2. The first-order valence-electron chi connectivity index (χ1n) is 22.4. The van der Waals surface area contributed by atoms with Crippen LogP contribution in [0.25, 0.3) is 121 Å². The van der Waals surface area contributed by atoms with E-state index < -0.39 is 0 Å². The first kappa shape index (κ1) is 34.7. The maximum atomic E-state index is 6.61. The van der Waals surface area contributed by atoms with Gasteiger partial charge in [-0.05, 0) is 117 Å². The Labute approximate surface area is 368 Å². The van der Waals surface area contributed by atoms with Crippen LogP contribution in [0.2, 0.25) is 0 Å². The number of fused-ring (bicyclic) bond motifs is 20. The van der Waals surface area contributed by atoms with E-state index in [1.54, 1.807) is 0 Å². The standard InChI is InChI=1S/C60H40N2O2/c1-59(2)45-17-9-5-13-35(45)41-29-33(21-25-47(41)59)61-49-32-50-44(31-43(49)37-23-27-53-55(57(37)61)39-15-7-11-19-51(39)63-53)38-24-28-54-56(40-16-8-12-20-52(40)64-54)58(38)62(50)34-22-26-48-42(30-34)36-14-6-10-18-46(36)60(48,3)4/h5-32H,1-4H3. The minimum Gasteiger partial charge on any atom is -0.456 e. The van der Waals surface area contributed by atoms with Crippen molar-refractivity contribution in [3.63, 3.8) is 0 Å². The van der Waals surface area contributed by atoms with Gasteiger partial charge < -0.3 is 18.0 Å². The third-order valence-corrected chi connectivity index (χ3v) is 15.3. The van der Waals surface area contributed by atoms with E-state index in [0.29, 0.717) is 0 Å². The van der Waals surface area contributed by atoms with Crippen molar-refractivity contribution < 1.29 is 8.83 Å². The minimum atomic E-state index is -0.0966. The molecule has 0 amide bonds. The number of hydrogen-bond donors (Lipinski definition) is 0. The van der Waals surface area contributed by atoms with E-state index in [1.165, 1.54) is 66.1 Å². The SMILES string of the molecule is CC1(C)c2ccccc2-c2cc(-n3c4cc5c(cc4c4ccc6oc7ccccc7c6c43)c3ccc4oc6ccccc6c4c3n5-c3ccc4c(c3)-c3ccccc3C4(C)C)ccc21. The van der Waals surface area contributed by atoms with Crippen molar-refractivity contribution >= 4 is 87.5 Å². The molecule has 9 aromatic carbocycles. The molecule has 15 rings (SSSR count). The minimum absolute atomic E-state index is 0.0966. The van der Waals surface area contributed by atoms with Gasteiger partial charge in [-0.25, -0.2) is 0 Å². The van der Waals surface area contributed by atoms with Crippen LogP contribution in [0.3, 0.4) is 0 Å². The third kappa shape index (κ3) is 4.15. The van der Waals surface area contributed by atoms with Crippen LogP contribution in [0.1, 0.15) is 49.9 Å². The first-order valence-corrected chi connectivity index (χ1v) is 22.4. The highest BCUT2D eigenvalue weighted by molar-refractivity contribution is 6.29. The monoisotopic (exact) mass is 820 g/mol. The van der Waals surface area contributed by atoms with Crippen molar-refractivity contribution in [1.29, 1.82) is 0 Å². The molecule has 2 aliphatic carbocycles. The van der Waals surface area contributed by atoms with Gasteiger partial charge in [-0.2, -0.15) is 0 Å². The van der Waals surface area contributed by atoms with Crippen molar-refractivity contribution in [2.75, 3.05) is 0 Å². The van der Waals surface area contributed by atoms with Crippen LogP contribution in [0.5, 0.6) is 0 Å². The van der Waals surface area contributed by atoms with Gasteiger partial charge in [0.05, 0.1) is 32.8 Å². The van der Waals surface area contributed by atoms with E-state index in [9.17, 15) is 0 Å². The maximum absolute atomic E-state index is 6.61. The van der Waals surface area contributed by atoms with Gasteiger partial charge in [-0.1, -0.05) is 125 Å². The molecule has 4 heteroatoms. The van der Waals surface area contributed by atoms with E-state index >= 15 is 0 Å². The fourth-order valence-corrected chi connectivity index (χ4v) is 12.3. The highest BCUT2D eigenvalue weighted by Gasteiger charge is 2.37. The smallest absolute Gasteiger partial charge is 0.137 e. The third-order valence-electron chi connectivity index (χ3n) is 15.3. The molecule has 0 spiro atoms. The van der Waals surface area contributed by atoms with Crippen molar-refractivity contribution in [3.8, 4) is 33.6 Å². The highest BCUT2D eigenvalue weighted by Crippen LogP contribution is 2.53. The summed E-state index contributed by atoms with van der Waals surface area (Å²) in [5.74, 6) is 0. The summed E-state index contributed by atoms with van der Waals surface area (Å²) in [5.41, 5.74) is 20.9. The molecule has 0 fully saturated rings. The molecule has 0 unspecified atom stereocenters. The largest absolute Gasteiger partial charge is 0.456 e. The molecule has 64 heavy (non-hydrogen) atoms. The van der Waals surface area contributed by atoms with Gasteiger partial charge in [0.2, 0.25) is 0 Å². The molecule has 0 atom stereocenters. The summed E-state index contributed by atoms with van der Waals surface area (Å²) in [4.78, 5) is 0. The van der Waals surface area contributed by atoms with Crippen LogP contribution in [0.4, 0.5) is 0 Å². The van der Waals surface area contributed by atoms with E-state index in [1.807, 2.05) is 0 Å². The maximum Gasteiger partial charge on any atom is 0.137 e. The van der Waals surface area contributed by atoms with E-state index in [0.717, 1.165) is 77.3 Å². The molecule has 0 bridgehead atoms. The summed E-state index contributed by atoms with van der Waals surface area (Å²) >= 11 is 0. The molecule has 302 valence electrons. The highest BCUT2D eigenvalue weighted by atomic mass is 16.3. The quantitative estimate of drug-likeness (QED) is 0.174. The number of rotatable bonds is 2. The normalized spacial score (nSPS) is 14.8. The lowest BCUT2D eigenvalue weighted by Crippen LogP contribution is -2.14. The lowest BCUT2D eigenvalue weighted by Gasteiger charge is -2.21. The molecule has 0 saturated carbocycles. The Morgan fingerprint density at radius 1 is 0.328 bits per heavy atom. The lowest BCUT2D eigenvalue weighted by molar-refractivity contribution is 0.660. The zero-order chi connectivity index (χ0) is 42.4. The molecule has 0 radical (unpaired) electrons. The van der Waals surface area contributed by atoms with Crippen LogP contribution in [-0.2, 0) is 10.8 Å². The summed E-state index contributed by atoms with van der Waals surface area (Å²) in [5, 5.41) is 9.32. The molecular formula is C60H40N2O2. The Bertz CT molecular complexity index is 3990. The first-order chi connectivity index (χ1) is 31.3. The number of benzene rings is 9. The average molecular weight is 821 g/mol. The number of nitrogens with zero attached hydrogens (tertiary/aromatic N) is 2.